The number of fused-ring (bicyclic) bond motifs is 1. The zero-order chi connectivity index (χ0) is 14.1. The summed E-state index contributed by atoms with van der Waals surface area (Å²) in [5, 5.41) is 6.85. The van der Waals surface area contributed by atoms with E-state index in [9.17, 15) is 9.18 Å². The fraction of sp³-hybridized carbons (Fsp3) is 0.333. The second-order valence-corrected chi connectivity index (χ2v) is 5.26. The number of hydrogen-bond acceptors (Lipinski definition) is 2. The van der Waals surface area contributed by atoms with Gasteiger partial charge in [0.15, 0.2) is 0 Å². The van der Waals surface area contributed by atoms with Gasteiger partial charge in [-0.1, -0.05) is 25.1 Å². The van der Waals surface area contributed by atoms with Gasteiger partial charge < -0.3 is 4.90 Å². The zero-order valence-electron chi connectivity index (χ0n) is 11.3. The van der Waals surface area contributed by atoms with E-state index < -0.39 is 0 Å². The molecule has 1 amide bonds. The molecule has 20 heavy (non-hydrogen) atoms. The lowest BCUT2D eigenvalue weighted by Crippen LogP contribution is -2.32. The van der Waals surface area contributed by atoms with Crippen molar-refractivity contribution in [3.05, 3.63) is 53.1 Å². The second kappa shape index (κ2) is 5.07. The zero-order valence-corrected chi connectivity index (χ0v) is 11.3. The van der Waals surface area contributed by atoms with E-state index in [1.165, 1.54) is 6.07 Å². The molecule has 0 saturated heterocycles. The minimum Gasteiger partial charge on any atom is -0.332 e. The van der Waals surface area contributed by atoms with Gasteiger partial charge in [-0.2, -0.15) is 5.10 Å². The molecular formula is C15H16FN3O. The summed E-state index contributed by atoms with van der Waals surface area (Å²) in [6.45, 7) is 3.00. The van der Waals surface area contributed by atoms with Crippen molar-refractivity contribution in [3.8, 4) is 0 Å². The monoisotopic (exact) mass is 273 g/mol. The molecule has 1 N–H and O–H groups in total. The van der Waals surface area contributed by atoms with Gasteiger partial charge in [-0.3, -0.25) is 9.89 Å². The van der Waals surface area contributed by atoms with Crippen molar-refractivity contribution in [2.24, 2.45) is 5.92 Å². The van der Waals surface area contributed by atoms with E-state index in [0.29, 0.717) is 25.1 Å². The Bertz CT molecular complexity index is 617. The fourth-order valence-electron chi connectivity index (χ4n) is 2.61. The molecule has 0 radical (unpaired) electrons. The van der Waals surface area contributed by atoms with Gasteiger partial charge in [0.1, 0.15) is 5.82 Å². The van der Waals surface area contributed by atoms with Gasteiger partial charge >= 0.3 is 0 Å². The van der Waals surface area contributed by atoms with E-state index in [4.69, 9.17) is 0 Å². The molecule has 104 valence electrons. The molecule has 0 saturated carbocycles. The van der Waals surface area contributed by atoms with Crippen LogP contribution in [0.1, 0.15) is 23.7 Å². The van der Waals surface area contributed by atoms with Gasteiger partial charge in [0.05, 0.1) is 18.4 Å². The molecule has 0 aliphatic carbocycles. The van der Waals surface area contributed by atoms with Crippen LogP contribution >= 0.6 is 0 Å². The highest BCUT2D eigenvalue weighted by Crippen LogP contribution is 2.23. The van der Waals surface area contributed by atoms with Crippen molar-refractivity contribution >= 4 is 5.91 Å². The standard InChI is InChI=1S/C15H16FN3O/c1-10(6-11-4-2-3-5-13(11)16)15(20)19-8-12-7-17-18-14(12)9-19/h2-5,7,10H,6,8-9H2,1H3,(H,17,18). The molecule has 0 bridgehead atoms. The van der Waals surface area contributed by atoms with Crippen LogP contribution in [0.5, 0.6) is 0 Å². The molecule has 2 aromatic rings. The Labute approximate surface area is 116 Å². The quantitative estimate of drug-likeness (QED) is 0.932. The number of carbonyl (C=O) groups is 1. The summed E-state index contributed by atoms with van der Waals surface area (Å²) >= 11 is 0. The van der Waals surface area contributed by atoms with Crippen LogP contribution < -0.4 is 0 Å². The van der Waals surface area contributed by atoms with Crippen LogP contribution in [0.25, 0.3) is 0 Å². The van der Waals surface area contributed by atoms with Gasteiger partial charge in [-0.25, -0.2) is 4.39 Å². The van der Waals surface area contributed by atoms with Crippen molar-refractivity contribution in [1.29, 1.82) is 0 Å². The maximum Gasteiger partial charge on any atom is 0.226 e. The molecule has 0 fully saturated rings. The third kappa shape index (κ3) is 2.31. The van der Waals surface area contributed by atoms with Gasteiger partial charge in [-0.15, -0.1) is 0 Å². The van der Waals surface area contributed by atoms with E-state index in [0.717, 1.165) is 11.3 Å². The van der Waals surface area contributed by atoms with Crippen molar-refractivity contribution in [3.63, 3.8) is 0 Å². The molecule has 3 rings (SSSR count). The first-order chi connectivity index (χ1) is 9.65. The maximum atomic E-state index is 13.6. The number of rotatable bonds is 3. The Morgan fingerprint density at radius 1 is 1.45 bits per heavy atom. The molecular weight excluding hydrogens is 257 g/mol. The van der Waals surface area contributed by atoms with Crippen LogP contribution in [-0.4, -0.2) is 21.0 Å². The van der Waals surface area contributed by atoms with Crippen LogP contribution in [0.4, 0.5) is 4.39 Å². The Balaban J connectivity index is 1.66. The number of halogens is 1. The Kier molecular flexibility index (Phi) is 3.26. The molecule has 1 aromatic carbocycles. The first-order valence-corrected chi connectivity index (χ1v) is 6.68. The normalized spacial score (nSPS) is 15.2. The van der Waals surface area contributed by atoms with Crippen molar-refractivity contribution in [2.75, 3.05) is 0 Å². The van der Waals surface area contributed by atoms with Crippen LogP contribution in [-0.2, 0) is 24.3 Å². The number of amides is 1. The lowest BCUT2D eigenvalue weighted by atomic mass is 9.99. The minimum atomic E-state index is -0.247. The Morgan fingerprint density at radius 2 is 2.25 bits per heavy atom. The number of benzene rings is 1. The smallest absolute Gasteiger partial charge is 0.226 e. The Hall–Kier alpha value is -2.17. The summed E-state index contributed by atoms with van der Waals surface area (Å²) in [6, 6.07) is 6.61. The number of nitrogens with one attached hydrogen (secondary N) is 1. The minimum absolute atomic E-state index is 0.0536. The highest BCUT2D eigenvalue weighted by molar-refractivity contribution is 5.79. The lowest BCUT2D eigenvalue weighted by molar-refractivity contribution is -0.135. The third-order valence-electron chi connectivity index (χ3n) is 3.73. The van der Waals surface area contributed by atoms with Gasteiger partial charge in [0.25, 0.3) is 0 Å². The number of aromatic amines is 1. The SMILES string of the molecule is CC(Cc1ccccc1F)C(=O)N1Cc2cn[nH]c2C1. The summed E-state index contributed by atoms with van der Waals surface area (Å²) < 4.78 is 13.6. The number of hydrogen-bond donors (Lipinski definition) is 1. The van der Waals surface area contributed by atoms with Crippen LogP contribution in [0.2, 0.25) is 0 Å². The van der Waals surface area contributed by atoms with E-state index in [1.807, 2.05) is 6.92 Å². The predicted molar refractivity (Wildman–Crippen MR) is 72.1 cm³/mol. The summed E-state index contributed by atoms with van der Waals surface area (Å²) in [6.07, 6.45) is 2.18. The van der Waals surface area contributed by atoms with Gasteiger partial charge in [-0.05, 0) is 18.1 Å². The van der Waals surface area contributed by atoms with E-state index in [1.54, 1.807) is 29.3 Å². The molecule has 4 nitrogen and oxygen atoms in total. The summed E-state index contributed by atoms with van der Waals surface area (Å²) in [5.41, 5.74) is 2.65. The molecule has 5 heteroatoms. The van der Waals surface area contributed by atoms with E-state index in [-0.39, 0.29) is 17.6 Å². The molecule has 1 aromatic heterocycles. The van der Waals surface area contributed by atoms with Crippen LogP contribution in [0.3, 0.4) is 0 Å². The number of nitrogens with zero attached hydrogens (tertiary/aromatic N) is 2. The molecule has 2 heterocycles. The largest absolute Gasteiger partial charge is 0.332 e. The molecule has 1 aliphatic rings. The number of aromatic nitrogens is 2. The maximum absolute atomic E-state index is 13.6. The summed E-state index contributed by atoms with van der Waals surface area (Å²) in [7, 11) is 0. The first-order valence-electron chi connectivity index (χ1n) is 6.68. The average Bonchev–Trinajstić information content (AvgIpc) is 3.01. The molecule has 1 aliphatic heterocycles. The van der Waals surface area contributed by atoms with Crippen LogP contribution in [0.15, 0.2) is 30.5 Å². The van der Waals surface area contributed by atoms with Gasteiger partial charge in [0, 0.05) is 18.0 Å². The highest BCUT2D eigenvalue weighted by atomic mass is 19.1. The Morgan fingerprint density at radius 3 is 3.00 bits per heavy atom. The summed E-state index contributed by atoms with van der Waals surface area (Å²) in [4.78, 5) is 14.2. The van der Waals surface area contributed by atoms with E-state index >= 15 is 0 Å². The second-order valence-electron chi connectivity index (χ2n) is 5.26. The number of carbonyl (C=O) groups excluding carboxylic acids is 1. The third-order valence-corrected chi connectivity index (χ3v) is 3.73. The summed E-state index contributed by atoms with van der Waals surface area (Å²) in [5.74, 6) is -0.426. The predicted octanol–water partition coefficient (Wildman–Crippen LogP) is 2.27. The molecule has 1 unspecified atom stereocenters. The highest BCUT2D eigenvalue weighted by Gasteiger charge is 2.28. The lowest BCUT2D eigenvalue weighted by Gasteiger charge is -2.20. The fourth-order valence-corrected chi connectivity index (χ4v) is 2.61. The average molecular weight is 273 g/mol. The van der Waals surface area contributed by atoms with Gasteiger partial charge in [0.2, 0.25) is 5.91 Å². The topological polar surface area (TPSA) is 49.0 Å². The first kappa shape index (κ1) is 12.8. The van der Waals surface area contributed by atoms with E-state index in [2.05, 4.69) is 10.2 Å². The van der Waals surface area contributed by atoms with Crippen molar-refractivity contribution in [1.82, 2.24) is 15.1 Å². The molecule has 1 atom stereocenters. The molecule has 0 spiro atoms. The number of H-pyrrole nitrogens is 1. The van der Waals surface area contributed by atoms with Crippen LogP contribution in [0, 0.1) is 11.7 Å². The van der Waals surface area contributed by atoms with Crippen molar-refractivity contribution < 1.29 is 9.18 Å². The van der Waals surface area contributed by atoms with Crippen molar-refractivity contribution in [2.45, 2.75) is 26.4 Å².